The van der Waals surface area contributed by atoms with E-state index in [2.05, 4.69) is 5.32 Å². The molecule has 0 bridgehead atoms. The zero-order valence-corrected chi connectivity index (χ0v) is 15.7. The highest BCUT2D eigenvalue weighted by Crippen LogP contribution is 2.41. The predicted molar refractivity (Wildman–Crippen MR) is 97.8 cm³/mol. The fourth-order valence-electron chi connectivity index (χ4n) is 3.88. The molecule has 0 atom stereocenters. The maximum atomic E-state index is 13.0. The van der Waals surface area contributed by atoms with Gasteiger partial charge in [-0.3, -0.25) is 9.59 Å². The van der Waals surface area contributed by atoms with E-state index < -0.39 is 5.54 Å². The molecule has 0 fully saturated rings. The van der Waals surface area contributed by atoms with Gasteiger partial charge in [-0.05, 0) is 33.3 Å². The number of likely N-dealkylation sites (N-methyl/N-ethyl adjacent to an activating group) is 1. The average molecular weight is 341 g/mol. The number of nitrogens with one attached hydrogen (secondary N) is 1. The third-order valence-corrected chi connectivity index (χ3v) is 5.64. The molecular formula is C20H27N3O2. The summed E-state index contributed by atoms with van der Waals surface area (Å²) in [5.41, 5.74) is 1.61. The Morgan fingerprint density at radius 2 is 1.76 bits per heavy atom. The van der Waals surface area contributed by atoms with Crippen molar-refractivity contribution in [2.45, 2.75) is 45.2 Å². The minimum absolute atomic E-state index is 0.00286. The molecule has 1 aromatic rings. The minimum atomic E-state index is -0.649. The van der Waals surface area contributed by atoms with Crippen LogP contribution in [-0.4, -0.2) is 52.8 Å². The number of hydrogen-bond donors (Lipinski definition) is 1. The number of nitrogens with zero attached hydrogens (tertiary/aromatic N) is 2. The zero-order chi connectivity index (χ0) is 18.4. The topological polar surface area (TPSA) is 52.7 Å². The molecule has 0 aromatic heterocycles. The first-order valence-electron chi connectivity index (χ1n) is 8.79. The first-order valence-corrected chi connectivity index (χ1v) is 8.79. The van der Waals surface area contributed by atoms with Crippen molar-refractivity contribution in [2.75, 3.05) is 20.1 Å². The number of benzene rings is 1. The number of amides is 2. The Bertz CT molecular complexity index is 735. The van der Waals surface area contributed by atoms with Gasteiger partial charge in [-0.15, -0.1) is 0 Å². The van der Waals surface area contributed by atoms with Crippen LogP contribution in [0.25, 0.3) is 0 Å². The molecule has 3 rings (SSSR count). The van der Waals surface area contributed by atoms with Gasteiger partial charge < -0.3 is 15.1 Å². The van der Waals surface area contributed by atoms with Crippen LogP contribution in [0, 0.1) is 0 Å². The van der Waals surface area contributed by atoms with Crippen LogP contribution in [0.15, 0.2) is 41.6 Å². The van der Waals surface area contributed by atoms with Crippen LogP contribution in [0.2, 0.25) is 0 Å². The van der Waals surface area contributed by atoms with Gasteiger partial charge in [0.2, 0.25) is 5.91 Å². The summed E-state index contributed by atoms with van der Waals surface area (Å²) in [4.78, 5) is 29.6. The highest BCUT2D eigenvalue weighted by molar-refractivity contribution is 6.01. The number of carbonyl (C=O) groups is 2. The Hall–Kier alpha value is -2.30. The van der Waals surface area contributed by atoms with E-state index in [1.54, 1.807) is 4.90 Å². The van der Waals surface area contributed by atoms with Crippen molar-refractivity contribution in [3.8, 4) is 0 Å². The Morgan fingerprint density at radius 1 is 1.12 bits per heavy atom. The fraction of sp³-hybridized carbons (Fsp3) is 0.500. The second-order valence-corrected chi connectivity index (χ2v) is 7.87. The number of hydrogen-bond acceptors (Lipinski definition) is 3. The van der Waals surface area contributed by atoms with Crippen LogP contribution in [0.3, 0.4) is 0 Å². The van der Waals surface area contributed by atoms with Crippen molar-refractivity contribution in [1.82, 2.24) is 15.1 Å². The molecule has 1 N–H and O–H groups in total. The van der Waals surface area contributed by atoms with E-state index in [1.807, 2.05) is 70.0 Å². The van der Waals surface area contributed by atoms with Crippen molar-refractivity contribution in [1.29, 1.82) is 0 Å². The van der Waals surface area contributed by atoms with Gasteiger partial charge in [0, 0.05) is 25.8 Å². The molecule has 1 aromatic carbocycles. The smallest absolute Gasteiger partial charge is 0.254 e. The first-order chi connectivity index (χ1) is 11.7. The molecule has 5 nitrogen and oxygen atoms in total. The molecule has 134 valence electrons. The molecule has 5 heteroatoms. The van der Waals surface area contributed by atoms with Gasteiger partial charge in [0.1, 0.15) is 0 Å². The summed E-state index contributed by atoms with van der Waals surface area (Å²) in [6.07, 6.45) is 0.348. The van der Waals surface area contributed by atoms with Crippen LogP contribution >= 0.6 is 0 Å². The van der Waals surface area contributed by atoms with E-state index in [0.29, 0.717) is 25.1 Å². The van der Waals surface area contributed by atoms with Crippen LogP contribution in [0.1, 0.15) is 33.3 Å². The van der Waals surface area contributed by atoms with E-state index >= 15 is 0 Å². The molecule has 2 aliphatic heterocycles. The fourth-order valence-corrected chi connectivity index (χ4v) is 3.88. The summed E-state index contributed by atoms with van der Waals surface area (Å²) in [5, 5.41) is 3.42. The predicted octanol–water partition coefficient (Wildman–Crippen LogP) is 1.94. The molecule has 0 unspecified atom stereocenters. The Morgan fingerprint density at radius 3 is 2.40 bits per heavy atom. The molecule has 0 aliphatic carbocycles. The minimum Gasteiger partial charge on any atom is -0.384 e. The second kappa shape index (κ2) is 5.90. The molecule has 0 spiro atoms. The molecule has 2 amide bonds. The van der Waals surface area contributed by atoms with E-state index in [-0.39, 0.29) is 17.4 Å². The normalized spacial score (nSPS) is 21.7. The van der Waals surface area contributed by atoms with Crippen LogP contribution in [0.5, 0.6) is 0 Å². The quantitative estimate of drug-likeness (QED) is 0.894. The standard InChI is InChI=1S/C20H27N3O2/c1-19(2)16-17(20(3,4)22(5)18(16)25)21-11-12-23(19)15(24)13-14-9-7-6-8-10-14/h6-10,21H,11-13H2,1-5H3. The highest BCUT2D eigenvalue weighted by Gasteiger charge is 2.51. The van der Waals surface area contributed by atoms with E-state index in [4.69, 9.17) is 0 Å². The van der Waals surface area contributed by atoms with Gasteiger partial charge in [0.25, 0.3) is 5.91 Å². The molecule has 0 saturated carbocycles. The largest absolute Gasteiger partial charge is 0.384 e. The van der Waals surface area contributed by atoms with Crippen LogP contribution in [-0.2, 0) is 16.0 Å². The second-order valence-electron chi connectivity index (χ2n) is 7.87. The lowest BCUT2D eigenvalue weighted by molar-refractivity contribution is -0.135. The van der Waals surface area contributed by atoms with Crippen molar-refractivity contribution < 1.29 is 9.59 Å². The maximum absolute atomic E-state index is 13.0. The number of rotatable bonds is 2. The Kier molecular flexibility index (Phi) is 4.13. The summed E-state index contributed by atoms with van der Waals surface area (Å²) < 4.78 is 0. The summed E-state index contributed by atoms with van der Waals surface area (Å²) >= 11 is 0. The van der Waals surface area contributed by atoms with Crippen molar-refractivity contribution in [3.05, 3.63) is 47.2 Å². The van der Waals surface area contributed by atoms with Gasteiger partial charge in [-0.2, -0.15) is 0 Å². The molecular weight excluding hydrogens is 314 g/mol. The van der Waals surface area contributed by atoms with E-state index in [0.717, 1.165) is 11.3 Å². The van der Waals surface area contributed by atoms with Crippen molar-refractivity contribution in [2.24, 2.45) is 0 Å². The Labute approximate surface area is 149 Å². The van der Waals surface area contributed by atoms with Crippen molar-refractivity contribution in [3.63, 3.8) is 0 Å². The maximum Gasteiger partial charge on any atom is 0.254 e. The van der Waals surface area contributed by atoms with Gasteiger partial charge in [-0.25, -0.2) is 0 Å². The first kappa shape index (κ1) is 17.5. The third kappa shape index (κ3) is 2.71. The monoisotopic (exact) mass is 341 g/mol. The average Bonchev–Trinajstić information content (AvgIpc) is 2.66. The zero-order valence-electron chi connectivity index (χ0n) is 15.7. The molecule has 25 heavy (non-hydrogen) atoms. The summed E-state index contributed by atoms with van der Waals surface area (Å²) in [6, 6.07) is 9.75. The summed E-state index contributed by atoms with van der Waals surface area (Å²) in [5.74, 6) is 0.0452. The van der Waals surface area contributed by atoms with E-state index in [9.17, 15) is 9.59 Å². The van der Waals surface area contributed by atoms with Crippen molar-refractivity contribution >= 4 is 11.8 Å². The Balaban J connectivity index is 1.96. The lowest BCUT2D eigenvalue weighted by Crippen LogP contribution is -2.52. The van der Waals surface area contributed by atoms with Crippen LogP contribution < -0.4 is 5.32 Å². The van der Waals surface area contributed by atoms with Gasteiger partial charge >= 0.3 is 0 Å². The summed E-state index contributed by atoms with van der Waals surface area (Å²) in [6.45, 7) is 9.26. The van der Waals surface area contributed by atoms with E-state index in [1.165, 1.54) is 0 Å². The third-order valence-electron chi connectivity index (χ3n) is 5.64. The molecule has 2 heterocycles. The lowest BCUT2D eigenvalue weighted by Gasteiger charge is -2.38. The molecule has 2 aliphatic rings. The van der Waals surface area contributed by atoms with Gasteiger partial charge in [-0.1, -0.05) is 30.3 Å². The van der Waals surface area contributed by atoms with Crippen LogP contribution in [0.4, 0.5) is 0 Å². The van der Waals surface area contributed by atoms with Gasteiger partial charge in [0.15, 0.2) is 0 Å². The summed E-state index contributed by atoms with van der Waals surface area (Å²) in [7, 11) is 1.82. The highest BCUT2D eigenvalue weighted by atomic mass is 16.2. The molecule has 0 radical (unpaired) electrons. The lowest BCUT2D eigenvalue weighted by atomic mass is 9.88. The molecule has 0 saturated heterocycles. The number of carbonyl (C=O) groups excluding carboxylic acids is 2. The SMILES string of the molecule is CN1C(=O)C2=C(NCCN(C(=O)Cc3ccccc3)C2(C)C)C1(C)C. The van der Waals surface area contributed by atoms with Gasteiger partial charge in [0.05, 0.1) is 23.1 Å².